The summed E-state index contributed by atoms with van der Waals surface area (Å²) in [4.78, 5) is 21.6. The second-order valence-electron chi connectivity index (χ2n) is 9.35. The summed E-state index contributed by atoms with van der Waals surface area (Å²) in [5.74, 6) is 0.0696. The Kier molecular flexibility index (Phi) is 6.63. The number of H-pyrrole nitrogens is 2. The molecule has 0 saturated heterocycles. The molecule has 0 unspecified atom stereocenters. The molecular weight excluding hydrogens is 478 g/mol. The van der Waals surface area contributed by atoms with E-state index in [1.54, 1.807) is 13.0 Å². The smallest absolute Gasteiger partial charge is 0.169 e. The zero-order chi connectivity index (χ0) is 26.1. The molecule has 0 radical (unpaired) electrons. The molecule has 4 aromatic heterocycles. The molecule has 0 bridgehead atoms. The van der Waals surface area contributed by atoms with Gasteiger partial charge >= 0.3 is 0 Å². The molecule has 0 aliphatic carbocycles. The van der Waals surface area contributed by atoms with E-state index in [9.17, 15) is 4.79 Å². The Morgan fingerprint density at radius 3 is 2.62 bits per heavy atom. The number of benzene rings is 1. The summed E-state index contributed by atoms with van der Waals surface area (Å²) >= 11 is 1.49. The van der Waals surface area contributed by atoms with Crippen molar-refractivity contribution >= 4 is 39.3 Å². The van der Waals surface area contributed by atoms with Gasteiger partial charge in [-0.2, -0.15) is 5.10 Å². The van der Waals surface area contributed by atoms with Crippen molar-refractivity contribution in [1.29, 1.82) is 0 Å². The molecule has 0 aliphatic rings. The summed E-state index contributed by atoms with van der Waals surface area (Å²) < 4.78 is 0. The summed E-state index contributed by atoms with van der Waals surface area (Å²) in [5, 5.41) is 12.3. The normalized spacial score (nSPS) is 11.9. The zero-order valence-corrected chi connectivity index (χ0v) is 22.2. The first-order valence-corrected chi connectivity index (χ1v) is 13.0. The average molecular weight is 508 g/mol. The highest BCUT2D eigenvalue weighted by Gasteiger charge is 2.18. The highest BCUT2D eigenvalue weighted by atomic mass is 32.1. The van der Waals surface area contributed by atoms with Crippen molar-refractivity contribution in [2.75, 3.05) is 5.32 Å². The van der Waals surface area contributed by atoms with Gasteiger partial charge in [-0.05, 0) is 69.7 Å². The van der Waals surface area contributed by atoms with Crippen molar-refractivity contribution in [2.24, 2.45) is 0 Å². The monoisotopic (exact) mass is 507 g/mol. The third kappa shape index (κ3) is 4.90. The predicted octanol–water partition coefficient (Wildman–Crippen LogP) is 7.63. The quantitative estimate of drug-likeness (QED) is 0.149. The average Bonchev–Trinajstić information content (AvgIpc) is 3.60. The number of carbonyl (C=O) groups excluding carboxylic acids is 1. The Bertz CT molecular complexity index is 1650. The number of ketones is 1. The summed E-state index contributed by atoms with van der Waals surface area (Å²) in [6.07, 6.45) is 7.49. The van der Waals surface area contributed by atoms with Crippen molar-refractivity contribution in [1.82, 2.24) is 20.2 Å². The topological polar surface area (TPSA) is 86.5 Å². The number of nitrogens with zero attached hydrogens (tertiary/aromatic N) is 2. The molecule has 0 amide bonds. The molecule has 5 aromatic rings. The molecule has 6 nitrogen and oxygen atoms in total. The number of aryl methyl sites for hydroxylation is 1. The van der Waals surface area contributed by atoms with Crippen LogP contribution >= 0.6 is 11.3 Å². The van der Waals surface area contributed by atoms with Crippen LogP contribution in [-0.4, -0.2) is 32.0 Å². The summed E-state index contributed by atoms with van der Waals surface area (Å²) in [5.41, 5.74) is 8.93. The number of fused-ring (bicyclic) bond motifs is 1. The lowest BCUT2D eigenvalue weighted by atomic mass is 10.0. The van der Waals surface area contributed by atoms with E-state index in [1.165, 1.54) is 11.3 Å². The fraction of sp³-hybridized carbons (Fsp3) is 0.167. The van der Waals surface area contributed by atoms with Gasteiger partial charge in [0.1, 0.15) is 5.69 Å². The van der Waals surface area contributed by atoms with Crippen LogP contribution < -0.4 is 5.32 Å². The molecule has 37 heavy (non-hydrogen) atoms. The fourth-order valence-corrected chi connectivity index (χ4v) is 5.41. The van der Waals surface area contributed by atoms with E-state index < -0.39 is 0 Å². The van der Waals surface area contributed by atoms with Gasteiger partial charge in [-0.25, -0.2) is 0 Å². The van der Waals surface area contributed by atoms with E-state index in [1.807, 2.05) is 30.6 Å². The van der Waals surface area contributed by atoms with Crippen LogP contribution in [0, 0.1) is 6.92 Å². The highest BCUT2D eigenvalue weighted by molar-refractivity contribution is 7.15. The van der Waals surface area contributed by atoms with Gasteiger partial charge in [-0.15, -0.1) is 11.3 Å². The van der Waals surface area contributed by atoms with Crippen molar-refractivity contribution in [2.45, 2.75) is 33.7 Å². The lowest BCUT2D eigenvalue weighted by Gasteiger charge is -2.11. The van der Waals surface area contributed by atoms with E-state index in [0.29, 0.717) is 6.04 Å². The zero-order valence-electron chi connectivity index (χ0n) is 21.3. The first-order valence-electron chi connectivity index (χ1n) is 12.2. The largest absolute Gasteiger partial charge is 0.382 e. The van der Waals surface area contributed by atoms with E-state index >= 15 is 0 Å². The predicted molar refractivity (Wildman–Crippen MR) is 154 cm³/mol. The van der Waals surface area contributed by atoms with Gasteiger partial charge in [-0.1, -0.05) is 24.8 Å². The number of rotatable bonds is 8. The molecular formula is C30H29N5OS. The molecule has 0 saturated carbocycles. The number of allylic oxidation sites excluding steroid dienone is 2. The lowest BCUT2D eigenvalue weighted by molar-refractivity contribution is 0.102. The van der Waals surface area contributed by atoms with Crippen molar-refractivity contribution in [3.63, 3.8) is 0 Å². The third-order valence-electron chi connectivity index (χ3n) is 6.15. The van der Waals surface area contributed by atoms with Gasteiger partial charge in [0, 0.05) is 51.1 Å². The van der Waals surface area contributed by atoms with Crippen molar-refractivity contribution in [3.05, 3.63) is 94.6 Å². The molecule has 4 heterocycles. The molecule has 0 fully saturated rings. The van der Waals surface area contributed by atoms with E-state index in [2.05, 4.69) is 83.2 Å². The maximum atomic E-state index is 11.9. The molecule has 0 aliphatic heterocycles. The number of nitrogens with one attached hydrogen (secondary N) is 3. The molecule has 5 rings (SSSR count). The first-order chi connectivity index (χ1) is 17.8. The number of aromatic amines is 2. The number of anilines is 1. The Morgan fingerprint density at radius 2 is 1.89 bits per heavy atom. The van der Waals surface area contributed by atoms with Gasteiger partial charge in [-0.3, -0.25) is 14.9 Å². The minimum Gasteiger partial charge on any atom is -0.382 e. The number of pyridine rings is 1. The standard InChI is InChI=1S/C30H29N5OS/c1-6-7-23(29-11-10-28(37-29)19(5)36)24-14-27(33-18(24)4)30-25-13-20(8-9-26(25)34-35-30)21-12-22(16-31-15-21)32-17(2)3/h6-17,32-33H,1H2,2-5H3,(H,34,35)/b23-7+. The SMILES string of the molecule is C=C/C=C(/c1ccc(C(C)=O)s1)c1cc(-c2n[nH]c3ccc(-c4cncc(NC(C)C)c4)cc23)[nH]c1C. The molecule has 1 aromatic carbocycles. The van der Waals surface area contributed by atoms with Crippen LogP contribution in [0.3, 0.4) is 0 Å². The lowest BCUT2D eigenvalue weighted by Crippen LogP contribution is -2.09. The van der Waals surface area contributed by atoms with Crippen LogP contribution in [-0.2, 0) is 0 Å². The maximum absolute atomic E-state index is 11.9. The van der Waals surface area contributed by atoms with Crippen LogP contribution in [0.4, 0.5) is 5.69 Å². The van der Waals surface area contributed by atoms with Crippen molar-refractivity contribution < 1.29 is 4.79 Å². The second-order valence-corrected chi connectivity index (χ2v) is 10.4. The van der Waals surface area contributed by atoms with Crippen LogP contribution in [0.15, 0.2) is 73.6 Å². The maximum Gasteiger partial charge on any atom is 0.169 e. The fourth-order valence-electron chi connectivity index (χ4n) is 4.47. The van der Waals surface area contributed by atoms with Crippen LogP contribution in [0.25, 0.3) is 39.0 Å². The second kappa shape index (κ2) is 10.0. The van der Waals surface area contributed by atoms with Gasteiger partial charge in [0.15, 0.2) is 5.78 Å². The summed E-state index contributed by atoms with van der Waals surface area (Å²) in [6, 6.07) is 14.7. The van der Waals surface area contributed by atoms with Crippen LogP contribution in [0.5, 0.6) is 0 Å². The number of hydrogen-bond donors (Lipinski definition) is 3. The first kappa shape index (κ1) is 24.5. The molecule has 186 valence electrons. The third-order valence-corrected chi connectivity index (χ3v) is 7.37. The Hall–Kier alpha value is -4.23. The Morgan fingerprint density at radius 1 is 1.08 bits per heavy atom. The number of hydrogen-bond acceptors (Lipinski definition) is 5. The van der Waals surface area contributed by atoms with Gasteiger partial charge in [0.2, 0.25) is 0 Å². The Balaban J connectivity index is 1.55. The van der Waals surface area contributed by atoms with Gasteiger partial charge < -0.3 is 10.3 Å². The van der Waals surface area contributed by atoms with Gasteiger partial charge in [0.05, 0.1) is 21.8 Å². The van der Waals surface area contributed by atoms with Crippen LogP contribution in [0.2, 0.25) is 0 Å². The molecule has 3 N–H and O–H groups in total. The minimum absolute atomic E-state index is 0.0696. The van der Waals surface area contributed by atoms with Crippen LogP contribution in [0.1, 0.15) is 46.6 Å². The Labute approximate surface area is 220 Å². The molecule has 7 heteroatoms. The number of carbonyl (C=O) groups is 1. The summed E-state index contributed by atoms with van der Waals surface area (Å²) in [7, 11) is 0. The van der Waals surface area contributed by atoms with Gasteiger partial charge in [0.25, 0.3) is 0 Å². The molecule has 0 spiro atoms. The summed E-state index contributed by atoms with van der Waals surface area (Å²) in [6.45, 7) is 11.8. The van der Waals surface area contributed by atoms with E-state index in [0.717, 1.165) is 65.7 Å². The number of thiophene rings is 1. The van der Waals surface area contributed by atoms with E-state index in [-0.39, 0.29) is 5.78 Å². The highest BCUT2D eigenvalue weighted by Crippen LogP contribution is 2.36. The van der Waals surface area contributed by atoms with Crippen molar-refractivity contribution in [3.8, 4) is 22.5 Å². The molecule has 0 atom stereocenters. The number of aromatic nitrogens is 4. The van der Waals surface area contributed by atoms with E-state index in [4.69, 9.17) is 0 Å². The minimum atomic E-state index is 0.0696. The number of Topliss-reactive ketones (excluding diaryl/α,β-unsaturated/α-hetero) is 1.